The van der Waals surface area contributed by atoms with E-state index in [1.165, 1.54) is 44.9 Å². The van der Waals surface area contributed by atoms with Crippen LogP contribution in [0.2, 0.25) is 0 Å². The van der Waals surface area contributed by atoms with E-state index in [0.717, 1.165) is 5.92 Å². The van der Waals surface area contributed by atoms with Gasteiger partial charge in [-0.1, -0.05) is 39.5 Å². The van der Waals surface area contributed by atoms with Crippen LogP contribution in [0.5, 0.6) is 0 Å². The zero-order valence-electron chi connectivity index (χ0n) is 10.6. The van der Waals surface area contributed by atoms with Gasteiger partial charge in [0.1, 0.15) is 0 Å². The van der Waals surface area contributed by atoms with Gasteiger partial charge in [-0.15, -0.1) is 0 Å². The number of aliphatic hydroxyl groups is 1. The normalized spacial score (nSPS) is 38.4. The molecule has 0 saturated heterocycles. The fourth-order valence-corrected chi connectivity index (χ4v) is 3.58. The van der Waals surface area contributed by atoms with Crippen LogP contribution < -0.4 is 0 Å². The highest BCUT2D eigenvalue weighted by atomic mass is 16.3. The van der Waals surface area contributed by atoms with Gasteiger partial charge in [-0.05, 0) is 43.4 Å². The Labute approximate surface area is 94.3 Å². The molecule has 3 unspecified atom stereocenters. The Balaban J connectivity index is 2.12. The first kappa shape index (κ1) is 11.4. The molecule has 2 fully saturated rings. The van der Waals surface area contributed by atoms with Crippen LogP contribution in [-0.2, 0) is 0 Å². The average Bonchev–Trinajstić information content (AvgIpc) is 2.98. The maximum atomic E-state index is 10.8. The minimum Gasteiger partial charge on any atom is -0.389 e. The van der Waals surface area contributed by atoms with Crippen LogP contribution >= 0.6 is 0 Å². The van der Waals surface area contributed by atoms with E-state index in [0.29, 0.717) is 5.92 Å². The van der Waals surface area contributed by atoms with Crippen molar-refractivity contribution in [2.75, 3.05) is 0 Å². The van der Waals surface area contributed by atoms with Gasteiger partial charge in [-0.2, -0.15) is 0 Å². The minimum atomic E-state index is -0.409. The molecular formula is C14H26O. The summed E-state index contributed by atoms with van der Waals surface area (Å²) < 4.78 is 0. The Kier molecular flexibility index (Phi) is 2.87. The van der Waals surface area contributed by atoms with Gasteiger partial charge in [0.2, 0.25) is 0 Å². The average molecular weight is 210 g/mol. The summed E-state index contributed by atoms with van der Waals surface area (Å²) in [5.41, 5.74) is -0.170. The Morgan fingerprint density at radius 2 is 1.87 bits per heavy atom. The van der Waals surface area contributed by atoms with Gasteiger partial charge in [0, 0.05) is 0 Å². The molecule has 0 spiro atoms. The van der Waals surface area contributed by atoms with Crippen LogP contribution in [0, 0.1) is 17.3 Å². The molecule has 0 heterocycles. The Bertz CT molecular complexity index is 227. The van der Waals surface area contributed by atoms with E-state index in [1.54, 1.807) is 0 Å². The van der Waals surface area contributed by atoms with E-state index in [-0.39, 0.29) is 5.41 Å². The highest BCUT2D eigenvalue weighted by molar-refractivity contribution is 5.07. The van der Waals surface area contributed by atoms with E-state index in [1.807, 2.05) is 0 Å². The van der Waals surface area contributed by atoms with E-state index in [9.17, 15) is 5.11 Å². The van der Waals surface area contributed by atoms with Crippen LogP contribution in [0.1, 0.15) is 65.7 Å². The van der Waals surface area contributed by atoms with Gasteiger partial charge in [0.25, 0.3) is 0 Å². The van der Waals surface area contributed by atoms with Crippen LogP contribution in [0.15, 0.2) is 0 Å². The summed E-state index contributed by atoms with van der Waals surface area (Å²) in [4.78, 5) is 0. The lowest BCUT2D eigenvalue weighted by Crippen LogP contribution is -2.46. The van der Waals surface area contributed by atoms with Crippen LogP contribution in [0.25, 0.3) is 0 Å². The first-order valence-corrected chi connectivity index (χ1v) is 6.73. The quantitative estimate of drug-likeness (QED) is 0.752. The summed E-state index contributed by atoms with van der Waals surface area (Å²) in [5.74, 6) is 1.33. The first-order valence-electron chi connectivity index (χ1n) is 6.73. The molecule has 2 aliphatic rings. The molecule has 0 aromatic rings. The highest BCUT2D eigenvalue weighted by Gasteiger charge is 2.56. The summed E-state index contributed by atoms with van der Waals surface area (Å²) >= 11 is 0. The fraction of sp³-hybridized carbons (Fsp3) is 1.00. The second kappa shape index (κ2) is 3.76. The highest BCUT2D eigenvalue weighted by Crippen LogP contribution is 2.59. The van der Waals surface area contributed by atoms with Gasteiger partial charge < -0.3 is 5.11 Å². The number of hydrogen-bond acceptors (Lipinski definition) is 1. The van der Waals surface area contributed by atoms with E-state index < -0.39 is 5.60 Å². The lowest BCUT2D eigenvalue weighted by molar-refractivity contribution is -0.0931. The van der Waals surface area contributed by atoms with Gasteiger partial charge >= 0.3 is 0 Å². The summed E-state index contributed by atoms with van der Waals surface area (Å²) in [6.45, 7) is 6.67. The van der Waals surface area contributed by atoms with E-state index in [4.69, 9.17) is 0 Å². The lowest BCUT2D eigenvalue weighted by Gasteiger charge is -2.45. The summed E-state index contributed by atoms with van der Waals surface area (Å²) in [6.07, 6.45) is 9.00. The molecule has 0 bridgehead atoms. The van der Waals surface area contributed by atoms with Crippen molar-refractivity contribution in [1.29, 1.82) is 0 Å². The summed E-state index contributed by atoms with van der Waals surface area (Å²) in [5, 5.41) is 10.8. The third-order valence-corrected chi connectivity index (χ3v) is 5.38. The Morgan fingerprint density at radius 1 is 1.27 bits per heavy atom. The van der Waals surface area contributed by atoms with Crippen LogP contribution in [-0.4, -0.2) is 10.7 Å². The molecule has 1 N–H and O–H groups in total. The second-order valence-corrected chi connectivity index (χ2v) is 6.27. The SMILES string of the molecule is CCC1CCCCC1C(C)(O)C1(C)CC1. The predicted octanol–water partition coefficient (Wildman–Crippen LogP) is 3.75. The van der Waals surface area contributed by atoms with Gasteiger partial charge in [-0.25, -0.2) is 0 Å². The maximum absolute atomic E-state index is 10.8. The third-order valence-electron chi connectivity index (χ3n) is 5.38. The molecule has 0 aliphatic heterocycles. The monoisotopic (exact) mass is 210 g/mol. The maximum Gasteiger partial charge on any atom is 0.0703 e. The van der Waals surface area contributed by atoms with E-state index in [2.05, 4.69) is 20.8 Å². The Hall–Kier alpha value is -0.0400. The molecule has 0 amide bonds. The topological polar surface area (TPSA) is 20.2 Å². The van der Waals surface area contributed by atoms with Gasteiger partial charge in [0.05, 0.1) is 5.60 Å². The molecule has 0 radical (unpaired) electrons. The molecule has 2 saturated carbocycles. The van der Waals surface area contributed by atoms with Gasteiger partial charge in [0.15, 0.2) is 0 Å². The molecule has 88 valence electrons. The Morgan fingerprint density at radius 3 is 2.40 bits per heavy atom. The molecule has 1 nitrogen and oxygen atoms in total. The molecular weight excluding hydrogens is 184 g/mol. The van der Waals surface area contributed by atoms with Crippen LogP contribution in [0.3, 0.4) is 0 Å². The number of hydrogen-bond donors (Lipinski definition) is 1. The molecule has 2 aliphatic carbocycles. The van der Waals surface area contributed by atoms with Crippen molar-refractivity contribution in [2.45, 2.75) is 71.3 Å². The number of rotatable bonds is 3. The molecule has 0 aromatic heterocycles. The predicted molar refractivity (Wildman–Crippen MR) is 63.7 cm³/mol. The molecule has 1 heteroatoms. The molecule has 2 rings (SSSR count). The molecule has 15 heavy (non-hydrogen) atoms. The summed E-state index contributed by atoms with van der Waals surface area (Å²) in [6, 6.07) is 0. The summed E-state index contributed by atoms with van der Waals surface area (Å²) in [7, 11) is 0. The van der Waals surface area contributed by atoms with Gasteiger partial charge in [-0.3, -0.25) is 0 Å². The zero-order valence-corrected chi connectivity index (χ0v) is 10.6. The van der Waals surface area contributed by atoms with Crippen molar-refractivity contribution >= 4 is 0 Å². The minimum absolute atomic E-state index is 0.239. The molecule has 0 aromatic carbocycles. The van der Waals surface area contributed by atoms with Crippen molar-refractivity contribution in [3.8, 4) is 0 Å². The largest absolute Gasteiger partial charge is 0.389 e. The zero-order chi connectivity index (χ0) is 11.1. The van der Waals surface area contributed by atoms with Crippen molar-refractivity contribution < 1.29 is 5.11 Å². The first-order chi connectivity index (χ1) is 7.01. The lowest BCUT2D eigenvalue weighted by atomic mass is 9.64. The van der Waals surface area contributed by atoms with Crippen molar-refractivity contribution in [2.24, 2.45) is 17.3 Å². The van der Waals surface area contributed by atoms with E-state index >= 15 is 0 Å². The van der Waals surface area contributed by atoms with Crippen molar-refractivity contribution in [3.05, 3.63) is 0 Å². The second-order valence-electron chi connectivity index (χ2n) is 6.27. The smallest absolute Gasteiger partial charge is 0.0703 e. The fourth-order valence-electron chi connectivity index (χ4n) is 3.58. The van der Waals surface area contributed by atoms with Crippen LogP contribution in [0.4, 0.5) is 0 Å². The standard InChI is InChI=1S/C14H26O/c1-4-11-7-5-6-8-12(11)14(3,15)13(2)9-10-13/h11-12,15H,4-10H2,1-3H3. The van der Waals surface area contributed by atoms with Crippen molar-refractivity contribution in [3.63, 3.8) is 0 Å². The van der Waals surface area contributed by atoms with Crippen molar-refractivity contribution in [1.82, 2.24) is 0 Å². The third kappa shape index (κ3) is 1.84. The molecule has 3 atom stereocenters.